The molecule has 0 unspecified atom stereocenters. The van der Waals surface area contributed by atoms with Crippen molar-refractivity contribution in [1.82, 2.24) is 0 Å². The van der Waals surface area contributed by atoms with Gasteiger partial charge in [-0.1, -0.05) is 12.1 Å². The highest BCUT2D eigenvalue weighted by atomic mass is 32.2. The number of nitrogens with one attached hydrogen (secondary N) is 2. The second-order valence-corrected chi connectivity index (χ2v) is 7.17. The number of nitrogens with zero attached hydrogens (tertiary/aromatic N) is 1. The minimum Gasteiger partial charge on any atom is -0.374 e. The van der Waals surface area contributed by atoms with E-state index in [2.05, 4.69) is 10.6 Å². The van der Waals surface area contributed by atoms with E-state index in [4.69, 9.17) is 0 Å². The van der Waals surface area contributed by atoms with Crippen molar-refractivity contribution in [2.45, 2.75) is 31.2 Å². The second kappa shape index (κ2) is 7.83. The Labute approximate surface area is 158 Å². The number of hydrogen-bond acceptors (Lipinski definition) is 4. The normalized spacial score (nSPS) is 13.9. The van der Waals surface area contributed by atoms with E-state index < -0.39 is 0 Å². The van der Waals surface area contributed by atoms with Crippen LogP contribution < -0.4 is 15.5 Å². The van der Waals surface area contributed by atoms with Crippen molar-refractivity contribution in [3.63, 3.8) is 0 Å². The molecule has 0 radical (unpaired) electrons. The lowest BCUT2D eigenvalue weighted by atomic mass is 10.1. The molecule has 6 heteroatoms. The molecule has 0 saturated heterocycles. The number of carbonyl (C=O) groups excluding carboxylic acids is 2. The van der Waals surface area contributed by atoms with E-state index in [0.717, 1.165) is 40.5 Å². The highest BCUT2D eigenvalue weighted by Crippen LogP contribution is 2.31. The molecule has 0 aliphatic carbocycles. The van der Waals surface area contributed by atoms with E-state index in [1.165, 1.54) is 0 Å². The number of carbonyl (C=O) groups is 2. The standard InChI is InChI=1S/C20H23N3O2S/c1-13(20(25)22-17-6-4-5-7-19(17)26-3)21-16-8-9-18-15(12-16)10-11-23(18)14(2)24/h4-9,12-13,21H,10-11H2,1-3H3,(H,22,25)/t13-/m0/s1. The number of thioether (sulfide) groups is 1. The summed E-state index contributed by atoms with van der Waals surface area (Å²) in [5, 5.41) is 6.23. The molecule has 2 amide bonds. The Hall–Kier alpha value is -2.47. The van der Waals surface area contributed by atoms with Gasteiger partial charge >= 0.3 is 0 Å². The Bertz CT molecular complexity index is 838. The molecule has 0 spiro atoms. The van der Waals surface area contributed by atoms with E-state index in [0.29, 0.717) is 0 Å². The molecule has 0 saturated carbocycles. The lowest BCUT2D eigenvalue weighted by Crippen LogP contribution is -2.32. The van der Waals surface area contributed by atoms with Gasteiger partial charge in [-0.15, -0.1) is 11.8 Å². The smallest absolute Gasteiger partial charge is 0.246 e. The first kappa shape index (κ1) is 18.3. The van der Waals surface area contributed by atoms with Gasteiger partial charge in [0, 0.05) is 29.7 Å². The first-order valence-electron chi connectivity index (χ1n) is 8.61. The number of amides is 2. The molecule has 136 valence electrons. The summed E-state index contributed by atoms with van der Waals surface area (Å²) in [6.45, 7) is 4.14. The molecule has 2 aromatic rings. The lowest BCUT2D eigenvalue weighted by molar-refractivity contribution is -0.117. The average Bonchev–Trinajstić information content (AvgIpc) is 3.05. The zero-order valence-corrected chi connectivity index (χ0v) is 16.0. The molecule has 2 N–H and O–H groups in total. The van der Waals surface area contributed by atoms with Gasteiger partial charge < -0.3 is 15.5 Å². The van der Waals surface area contributed by atoms with Crippen molar-refractivity contribution in [3.05, 3.63) is 48.0 Å². The summed E-state index contributed by atoms with van der Waals surface area (Å²) in [6.07, 6.45) is 2.83. The van der Waals surface area contributed by atoms with Gasteiger partial charge in [-0.3, -0.25) is 9.59 Å². The van der Waals surface area contributed by atoms with Crippen molar-refractivity contribution in [2.24, 2.45) is 0 Å². The maximum Gasteiger partial charge on any atom is 0.246 e. The van der Waals surface area contributed by atoms with Crippen LogP contribution in [0.2, 0.25) is 0 Å². The van der Waals surface area contributed by atoms with Crippen LogP contribution in [0.1, 0.15) is 19.4 Å². The van der Waals surface area contributed by atoms with E-state index in [-0.39, 0.29) is 17.9 Å². The number of benzene rings is 2. The number of hydrogen-bond donors (Lipinski definition) is 2. The molecular weight excluding hydrogens is 346 g/mol. The van der Waals surface area contributed by atoms with Crippen LogP contribution in [0, 0.1) is 0 Å². The summed E-state index contributed by atoms with van der Waals surface area (Å²) >= 11 is 1.60. The molecule has 5 nitrogen and oxygen atoms in total. The average molecular weight is 369 g/mol. The van der Waals surface area contributed by atoms with Crippen molar-refractivity contribution >= 4 is 40.6 Å². The first-order valence-corrected chi connectivity index (χ1v) is 9.83. The van der Waals surface area contributed by atoms with Crippen LogP contribution in [0.3, 0.4) is 0 Å². The minimum absolute atomic E-state index is 0.0599. The summed E-state index contributed by atoms with van der Waals surface area (Å²) < 4.78 is 0. The van der Waals surface area contributed by atoms with Crippen LogP contribution in [0.4, 0.5) is 17.1 Å². The largest absolute Gasteiger partial charge is 0.374 e. The lowest BCUT2D eigenvalue weighted by Gasteiger charge is -2.18. The van der Waals surface area contributed by atoms with Gasteiger partial charge in [0.05, 0.1) is 5.69 Å². The van der Waals surface area contributed by atoms with Crippen LogP contribution in [0.15, 0.2) is 47.4 Å². The summed E-state index contributed by atoms with van der Waals surface area (Å²) in [7, 11) is 0. The summed E-state index contributed by atoms with van der Waals surface area (Å²) in [5.74, 6) is -0.0259. The van der Waals surface area contributed by atoms with E-state index in [9.17, 15) is 9.59 Å². The molecule has 2 aromatic carbocycles. The third kappa shape index (κ3) is 3.85. The van der Waals surface area contributed by atoms with Crippen LogP contribution >= 0.6 is 11.8 Å². The van der Waals surface area contributed by atoms with Crippen LogP contribution in [0.25, 0.3) is 0 Å². The molecule has 0 fully saturated rings. The summed E-state index contributed by atoms with van der Waals surface area (Å²) in [5.41, 5.74) is 3.80. The maximum atomic E-state index is 12.5. The van der Waals surface area contributed by atoms with Gasteiger partial charge in [-0.05, 0) is 55.5 Å². The van der Waals surface area contributed by atoms with Crippen molar-refractivity contribution in [2.75, 3.05) is 28.3 Å². The SMILES string of the molecule is CSc1ccccc1NC(=O)[C@H](C)Nc1ccc2c(c1)CCN2C(C)=O. The molecule has 3 rings (SSSR count). The summed E-state index contributed by atoms with van der Waals surface area (Å²) in [4.78, 5) is 27.0. The number of fused-ring (bicyclic) bond motifs is 1. The highest BCUT2D eigenvalue weighted by molar-refractivity contribution is 7.98. The summed E-state index contributed by atoms with van der Waals surface area (Å²) in [6, 6.07) is 13.3. The number of rotatable bonds is 5. The Kier molecular flexibility index (Phi) is 5.52. The van der Waals surface area contributed by atoms with Gasteiger partial charge in [-0.2, -0.15) is 0 Å². The predicted octanol–water partition coefficient (Wildman–Crippen LogP) is 3.76. The van der Waals surface area contributed by atoms with Gasteiger partial charge in [0.2, 0.25) is 11.8 Å². The fourth-order valence-corrected chi connectivity index (χ4v) is 3.68. The monoisotopic (exact) mass is 369 g/mol. The van der Waals surface area contributed by atoms with Crippen molar-refractivity contribution in [1.29, 1.82) is 0 Å². The third-order valence-corrected chi connectivity index (χ3v) is 5.29. The van der Waals surface area contributed by atoms with E-state index in [1.54, 1.807) is 23.6 Å². The molecule has 1 atom stereocenters. The number of anilines is 3. The molecular formula is C20H23N3O2S. The van der Waals surface area contributed by atoms with Gasteiger partial charge in [0.15, 0.2) is 0 Å². The highest BCUT2D eigenvalue weighted by Gasteiger charge is 2.22. The van der Waals surface area contributed by atoms with Crippen molar-refractivity contribution in [3.8, 4) is 0 Å². The quantitative estimate of drug-likeness (QED) is 0.788. The molecule has 26 heavy (non-hydrogen) atoms. The van der Waals surface area contributed by atoms with Gasteiger partial charge in [0.1, 0.15) is 6.04 Å². The van der Waals surface area contributed by atoms with Gasteiger partial charge in [0.25, 0.3) is 0 Å². The molecule has 0 bridgehead atoms. The third-order valence-electron chi connectivity index (χ3n) is 4.50. The Morgan fingerprint density at radius 3 is 2.69 bits per heavy atom. The fraction of sp³-hybridized carbons (Fsp3) is 0.300. The zero-order valence-electron chi connectivity index (χ0n) is 15.2. The molecule has 1 heterocycles. The van der Waals surface area contributed by atoms with Crippen molar-refractivity contribution < 1.29 is 9.59 Å². The molecule has 1 aliphatic heterocycles. The van der Waals surface area contributed by atoms with E-state index in [1.807, 2.05) is 55.6 Å². The molecule has 0 aromatic heterocycles. The fourth-order valence-electron chi connectivity index (χ4n) is 3.12. The Balaban J connectivity index is 1.67. The minimum atomic E-state index is -0.381. The molecule has 1 aliphatic rings. The van der Waals surface area contributed by atoms with Crippen LogP contribution in [-0.4, -0.2) is 30.7 Å². The predicted molar refractivity (Wildman–Crippen MR) is 108 cm³/mol. The van der Waals surface area contributed by atoms with E-state index >= 15 is 0 Å². The van der Waals surface area contributed by atoms with Crippen LogP contribution in [-0.2, 0) is 16.0 Å². The van der Waals surface area contributed by atoms with Gasteiger partial charge in [-0.25, -0.2) is 0 Å². The Morgan fingerprint density at radius 2 is 1.96 bits per heavy atom. The van der Waals surface area contributed by atoms with Crippen LogP contribution in [0.5, 0.6) is 0 Å². The number of para-hydroxylation sites is 1. The maximum absolute atomic E-state index is 12.5. The zero-order chi connectivity index (χ0) is 18.7. The first-order chi connectivity index (χ1) is 12.5. The topological polar surface area (TPSA) is 61.4 Å². The Morgan fingerprint density at radius 1 is 1.19 bits per heavy atom. The second-order valence-electron chi connectivity index (χ2n) is 6.32.